The molecule has 1 atom stereocenters. The Bertz CT molecular complexity index is 1350. The van der Waals surface area contributed by atoms with E-state index in [-0.39, 0.29) is 35.8 Å². The second-order valence-corrected chi connectivity index (χ2v) is 9.72. The van der Waals surface area contributed by atoms with Crippen molar-refractivity contribution in [3.63, 3.8) is 0 Å². The van der Waals surface area contributed by atoms with E-state index in [9.17, 15) is 35.9 Å². The Balaban J connectivity index is 1.53. The number of rotatable bonds is 7. The molecule has 1 fully saturated rings. The first-order valence-electron chi connectivity index (χ1n) is 12.7. The number of ether oxygens (including phenoxy) is 1. The van der Waals surface area contributed by atoms with Gasteiger partial charge in [-0.25, -0.2) is 9.67 Å². The molecule has 0 aliphatic heterocycles. The molecule has 2 heterocycles. The zero-order valence-electron chi connectivity index (χ0n) is 22.0. The highest BCUT2D eigenvalue weighted by Gasteiger charge is 2.47. The molecule has 1 amide bonds. The zero-order valence-corrected chi connectivity index (χ0v) is 22.0. The van der Waals surface area contributed by atoms with Gasteiger partial charge in [0.1, 0.15) is 0 Å². The first kappa shape index (κ1) is 29.9. The molecular formula is C27H27F6N5O3. The average molecular weight is 584 g/mol. The van der Waals surface area contributed by atoms with Gasteiger partial charge in [0, 0.05) is 24.8 Å². The molecule has 2 aromatic heterocycles. The zero-order chi connectivity index (χ0) is 29.9. The van der Waals surface area contributed by atoms with E-state index in [4.69, 9.17) is 4.74 Å². The lowest BCUT2D eigenvalue weighted by Gasteiger charge is -2.35. The summed E-state index contributed by atoms with van der Waals surface area (Å²) in [5.41, 5.74) is -1.74. The van der Waals surface area contributed by atoms with Crippen LogP contribution in [0.5, 0.6) is 0 Å². The number of nitrogens with zero attached hydrogens (tertiary/aromatic N) is 4. The maximum atomic E-state index is 14.2. The van der Waals surface area contributed by atoms with Gasteiger partial charge >= 0.3 is 18.3 Å². The van der Waals surface area contributed by atoms with Crippen molar-refractivity contribution in [3.05, 3.63) is 66.1 Å². The standard InChI is InChI=1S/C27H27F6N5O3/c1-37(24(39)17-6-8-18(9-7-17)25(40)41-2)22(26(28,29)30)16-10-12-19(13-11-16)36-20-15-35-38(23(20)27(31,32)33)21-5-3-4-14-34-21/h3-5,10-15,17-18,22,36H,6-9H2,1-2H3/t17?,18?,22-/m0/s1. The first-order chi connectivity index (χ1) is 19.3. The minimum absolute atomic E-state index is 0.0669. The van der Waals surface area contributed by atoms with E-state index in [1.807, 2.05) is 0 Å². The van der Waals surface area contributed by atoms with E-state index in [1.165, 1.54) is 43.6 Å². The minimum atomic E-state index is -4.82. The highest BCUT2D eigenvalue weighted by atomic mass is 19.4. The van der Waals surface area contributed by atoms with Gasteiger partial charge in [0.05, 0.1) is 24.9 Å². The summed E-state index contributed by atoms with van der Waals surface area (Å²) < 4.78 is 89.6. The molecule has 8 nitrogen and oxygen atoms in total. The van der Waals surface area contributed by atoms with Crippen LogP contribution in [0.25, 0.3) is 5.82 Å². The largest absolute Gasteiger partial charge is 0.469 e. The van der Waals surface area contributed by atoms with Crippen molar-refractivity contribution in [2.75, 3.05) is 19.5 Å². The van der Waals surface area contributed by atoms with Gasteiger partial charge in [-0.1, -0.05) is 18.2 Å². The summed E-state index contributed by atoms with van der Waals surface area (Å²) >= 11 is 0. The van der Waals surface area contributed by atoms with Gasteiger partial charge in [-0.15, -0.1) is 0 Å². The number of alkyl halides is 6. The van der Waals surface area contributed by atoms with Crippen molar-refractivity contribution >= 4 is 23.3 Å². The van der Waals surface area contributed by atoms with E-state index >= 15 is 0 Å². The number of anilines is 2. The SMILES string of the molecule is COC(=O)C1CCC(C(=O)N(C)[C@@H](c2ccc(Nc3cnn(-c4ccccn4)c3C(F)(F)F)cc2)C(F)(F)F)CC1. The first-order valence-corrected chi connectivity index (χ1v) is 12.7. The number of aromatic nitrogens is 3. The lowest BCUT2D eigenvalue weighted by Crippen LogP contribution is -2.43. The Kier molecular flexibility index (Phi) is 8.59. The number of carbonyl (C=O) groups is 2. The van der Waals surface area contributed by atoms with Crippen LogP contribution in [0.1, 0.15) is 43.0 Å². The van der Waals surface area contributed by atoms with E-state index in [0.717, 1.165) is 25.4 Å². The Labute approximate surface area is 231 Å². The van der Waals surface area contributed by atoms with Gasteiger partial charge < -0.3 is 15.0 Å². The third-order valence-corrected chi connectivity index (χ3v) is 7.07. The normalized spacial score (nSPS) is 18.4. The summed E-state index contributed by atoms with van der Waals surface area (Å²) in [6.07, 6.45) is -6.20. The van der Waals surface area contributed by atoms with Gasteiger partial charge in [-0.3, -0.25) is 9.59 Å². The predicted octanol–water partition coefficient (Wildman–Crippen LogP) is 6.07. The number of carbonyl (C=O) groups excluding carboxylic acids is 2. The molecule has 0 saturated heterocycles. The maximum Gasteiger partial charge on any atom is 0.435 e. The third-order valence-electron chi connectivity index (χ3n) is 7.07. The van der Waals surface area contributed by atoms with E-state index in [2.05, 4.69) is 15.4 Å². The molecule has 0 bridgehead atoms. The molecule has 3 aromatic rings. The van der Waals surface area contributed by atoms with Crippen LogP contribution >= 0.6 is 0 Å². The topological polar surface area (TPSA) is 89.4 Å². The molecule has 14 heteroatoms. The Morgan fingerprint density at radius 3 is 2.17 bits per heavy atom. The number of pyridine rings is 1. The van der Waals surface area contributed by atoms with E-state index < -0.39 is 47.6 Å². The summed E-state index contributed by atoms with van der Waals surface area (Å²) in [5, 5.41) is 6.35. The summed E-state index contributed by atoms with van der Waals surface area (Å²) in [6, 6.07) is 6.72. The predicted molar refractivity (Wildman–Crippen MR) is 135 cm³/mol. The molecule has 1 saturated carbocycles. The van der Waals surface area contributed by atoms with Crippen molar-refractivity contribution in [2.45, 2.75) is 44.1 Å². The van der Waals surface area contributed by atoms with Crippen LogP contribution in [-0.4, -0.2) is 51.9 Å². The fraction of sp³-hybridized carbons (Fsp3) is 0.407. The van der Waals surface area contributed by atoms with Crippen LogP contribution in [0.3, 0.4) is 0 Å². The summed E-state index contributed by atoms with van der Waals surface area (Å²) in [5.74, 6) is -2.24. The Hall–Kier alpha value is -4.10. The lowest BCUT2D eigenvalue weighted by molar-refractivity contribution is -0.191. The van der Waals surface area contributed by atoms with Crippen molar-refractivity contribution in [2.24, 2.45) is 11.8 Å². The summed E-state index contributed by atoms with van der Waals surface area (Å²) in [7, 11) is 2.33. The van der Waals surface area contributed by atoms with Crippen LogP contribution in [0.4, 0.5) is 37.7 Å². The molecule has 1 aliphatic rings. The highest BCUT2D eigenvalue weighted by molar-refractivity contribution is 5.80. The number of hydrogen-bond acceptors (Lipinski definition) is 6. The monoisotopic (exact) mass is 583 g/mol. The number of esters is 1. The van der Waals surface area contributed by atoms with Crippen molar-refractivity contribution in [3.8, 4) is 5.82 Å². The van der Waals surface area contributed by atoms with E-state index in [0.29, 0.717) is 22.4 Å². The Morgan fingerprint density at radius 2 is 1.63 bits per heavy atom. The quantitative estimate of drug-likeness (QED) is 0.268. The Morgan fingerprint density at radius 1 is 1.00 bits per heavy atom. The van der Waals surface area contributed by atoms with Crippen molar-refractivity contribution in [1.29, 1.82) is 0 Å². The molecule has 41 heavy (non-hydrogen) atoms. The molecule has 4 rings (SSSR count). The number of benzene rings is 1. The molecule has 1 aromatic carbocycles. The second kappa shape index (κ2) is 11.8. The third kappa shape index (κ3) is 6.63. The number of nitrogens with one attached hydrogen (secondary N) is 1. The van der Waals surface area contributed by atoms with Crippen LogP contribution < -0.4 is 5.32 Å². The molecule has 1 N–H and O–H groups in total. The van der Waals surface area contributed by atoms with Crippen molar-refractivity contribution < 1.29 is 40.7 Å². The molecule has 1 aliphatic carbocycles. The van der Waals surface area contributed by atoms with Crippen molar-refractivity contribution in [1.82, 2.24) is 19.7 Å². The summed E-state index contributed by atoms with van der Waals surface area (Å²) in [6.45, 7) is 0. The van der Waals surface area contributed by atoms with Crippen LogP contribution in [-0.2, 0) is 20.5 Å². The van der Waals surface area contributed by atoms with Gasteiger partial charge in [-0.05, 0) is 55.5 Å². The fourth-order valence-corrected chi connectivity index (χ4v) is 5.06. The van der Waals surface area contributed by atoms with Gasteiger partial charge in [0.15, 0.2) is 17.6 Å². The highest BCUT2D eigenvalue weighted by Crippen LogP contribution is 2.41. The smallest absolute Gasteiger partial charge is 0.435 e. The number of halogens is 6. The number of amides is 1. The molecule has 220 valence electrons. The van der Waals surface area contributed by atoms with Crippen LogP contribution in [0.2, 0.25) is 0 Å². The summed E-state index contributed by atoms with van der Waals surface area (Å²) in [4.78, 5) is 29.3. The lowest BCUT2D eigenvalue weighted by atomic mass is 9.81. The van der Waals surface area contributed by atoms with Gasteiger partial charge in [0.2, 0.25) is 5.91 Å². The van der Waals surface area contributed by atoms with Gasteiger partial charge in [0.25, 0.3) is 0 Å². The molecule has 0 radical (unpaired) electrons. The molecule has 0 unspecified atom stereocenters. The molecule has 0 spiro atoms. The molecular weight excluding hydrogens is 556 g/mol. The maximum absolute atomic E-state index is 14.2. The number of methoxy groups -OCH3 is 1. The second-order valence-electron chi connectivity index (χ2n) is 9.72. The number of hydrogen-bond donors (Lipinski definition) is 1. The van der Waals surface area contributed by atoms with E-state index in [1.54, 1.807) is 0 Å². The fourth-order valence-electron chi connectivity index (χ4n) is 5.06. The van der Waals surface area contributed by atoms with Crippen LogP contribution in [0, 0.1) is 11.8 Å². The van der Waals surface area contributed by atoms with Crippen LogP contribution in [0.15, 0.2) is 54.9 Å². The van der Waals surface area contributed by atoms with Gasteiger partial charge in [-0.2, -0.15) is 31.4 Å². The average Bonchev–Trinajstić information content (AvgIpc) is 3.37. The minimum Gasteiger partial charge on any atom is -0.469 e.